The Bertz CT molecular complexity index is 658. The van der Waals surface area contributed by atoms with Crippen molar-refractivity contribution in [2.75, 3.05) is 0 Å². The van der Waals surface area contributed by atoms with E-state index in [1.807, 2.05) is 0 Å². The molecule has 0 radical (unpaired) electrons. The van der Waals surface area contributed by atoms with Gasteiger partial charge in [-0.3, -0.25) is 0 Å². The second kappa shape index (κ2) is 11.8. The minimum atomic E-state index is 0.406. The lowest BCUT2D eigenvalue weighted by molar-refractivity contribution is 0.405. The standard InChI is InChI=1S/C27H38/c1-5-6-10-15-22(2)23(3)21-27(26-18-13-9-14-19-26)24(4)20-25-16-11-7-8-12-17-25/h7,9-10,12-13,15,18,21-22,24-25H,3,5-6,11,14,16-17,19-20H2,1-2,4H3. The van der Waals surface area contributed by atoms with E-state index in [1.165, 1.54) is 48.8 Å². The van der Waals surface area contributed by atoms with E-state index in [0.717, 1.165) is 25.2 Å². The lowest BCUT2D eigenvalue weighted by Gasteiger charge is -2.25. The van der Waals surface area contributed by atoms with Crippen molar-refractivity contribution in [3.05, 3.63) is 77.6 Å². The van der Waals surface area contributed by atoms with Crippen LogP contribution in [0.1, 0.15) is 72.1 Å². The van der Waals surface area contributed by atoms with Gasteiger partial charge in [-0.15, -0.1) is 5.73 Å². The fraction of sp³-hybridized carbons (Fsp3) is 0.519. The lowest BCUT2D eigenvalue weighted by atomic mass is 9.80. The monoisotopic (exact) mass is 362 g/mol. The van der Waals surface area contributed by atoms with Crippen LogP contribution in [0.15, 0.2) is 77.6 Å². The van der Waals surface area contributed by atoms with Crippen LogP contribution in [0.5, 0.6) is 0 Å². The predicted octanol–water partition coefficient (Wildman–Crippen LogP) is 8.28. The van der Waals surface area contributed by atoms with E-state index in [4.69, 9.17) is 0 Å². The molecule has 3 atom stereocenters. The molecular weight excluding hydrogens is 324 g/mol. The van der Waals surface area contributed by atoms with Crippen molar-refractivity contribution in [3.8, 4) is 0 Å². The van der Waals surface area contributed by atoms with Crippen LogP contribution in [0, 0.1) is 17.8 Å². The molecule has 0 fully saturated rings. The molecule has 0 aliphatic heterocycles. The van der Waals surface area contributed by atoms with Crippen molar-refractivity contribution < 1.29 is 0 Å². The fourth-order valence-electron chi connectivity index (χ4n) is 4.00. The molecule has 0 bridgehead atoms. The van der Waals surface area contributed by atoms with E-state index in [2.05, 4.69) is 81.7 Å². The number of allylic oxidation sites excluding steroid dienone is 10. The topological polar surface area (TPSA) is 0 Å². The Hall–Kier alpha value is -1.78. The number of unbranched alkanes of at least 4 members (excludes halogenated alkanes) is 1. The van der Waals surface area contributed by atoms with Crippen LogP contribution in [0.4, 0.5) is 0 Å². The Morgan fingerprint density at radius 3 is 2.89 bits per heavy atom. The molecule has 0 spiro atoms. The minimum absolute atomic E-state index is 0.406. The molecular formula is C27H38. The molecule has 2 rings (SSSR count). The average Bonchev–Trinajstić information content (AvgIpc) is 2.95. The fourth-order valence-corrected chi connectivity index (χ4v) is 4.00. The van der Waals surface area contributed by atoms with E-state index >= 15 is 0 Å². The van der Waals surface area contributed by atoms with Crippen molar-refractivity contribution in [3.63, 3.8) is 0 Å². The number of rotatable bonds is 9. The van der Waals surface area contributed by atoms with E-state index in [1.54, 1.807) is 0 Å². The number of hydrogen-bond donors (Lipinski definition) is 0. The Kier molecular flexibility index (Phi) is 9.43. The Labute approximate surface area is 167 Å². The maximum absolute atomic E-state index is 4.42. The molecule has 0 aromatic carbocycles. The van der Waals surface area contributed by atoms with Crippen LogP contribution in [0.3, 0.4) is 0 Å². The van der Waals surface area contributed by atoms with Crippen LogP contribution >= 0.6 is 0 Å². The molecule has 2 aliphatic carbocycles. The SMILES string of the molecule is C=C(C=C(C1=CC=CCC1)C(C)CC1CC=C=CCC1)C(C)C=CCCC. The summed E-state index contributed by atoms with van der Waals surface area (Å²) in [5.41, 5.74) is 7.57. The second-order valence-electron chi connectivity index (χ2n) is 8.23. The smallest absolute Gasteiger partial charge is 0.00162 e. The van der Waals surface area contributed by atoms with Crippen LogP contribution in [0.25, 0.3) is 0 Å². The molecule has 2 aliphatic rings. The van der Waals surface area contributed by atoms with Gasteiger partial charge in [0.15, 0.2) is 0 Å². The molecule has 0 aromatic rings. The average molecular weight is 363 g/mol. The van der Waals surface area contributed by atoms with Gasteiger partial charge in [0.2, 0.25) is 0 Å². The summed E-state index contributed by atoms with van der Waals surface area (Å²) in [6.07, 6.45) is 27.9. The highest BCUT2D eigenvalue weighted by atomic mass is 14.2. The first kappa shape index (κ1) is 21.5. The van der Waals surface area contributed by atoms with Crippen molar-refractivity contribution in [2.45, 2.75) is 72.1 Å². The molecule has 0 nitrogen and oxygen atoms in total. The summed E-state index contributed by atoms with van der Waals surface area (Å²) in [4.78, 5) is 0. The van der Waals surface area contributed by atoms with Gasteiger partial charge in [0.1, 0.15) is 0 Å². The van der Waals surface area contributed by atoms with Gasteiger partial charge in [-0.25, -0.2) is 0 Å². The van der Waals surface area contributed by atoms with Crippen LogP contribution < -0.4 is 0 Å². The maximum Gasteiger partial charge on any atom is -0.00162 e. The zero-order chi connectivity index (χ0) is 19.5. The molecule has 3 unspecified atom stereocenters. The van der Waals surface area contributed by atoms with E-state index in [9.17, 15) is 0 Å². The van der Waals surface area contributed by atoms with Crippen molar-refractivity contribution >= 4 is 0 Å². The summed E-state index contributed by atoms with van der Waals surface area (Å²) < 4.78 is 0. The normalized spacial score (nSPS) is 22.6. The van der Waals surface area contributed by atoms with Gasteiger partial charge in [-0.1, -0.05) is 70.2 Å². The molecule has 0 heterocycles. The van der Waals surface area contributed by atoms with Crippen molar-refractivity contribution in [2.24, 2.45) is 17.8 Å². The zero-order valence-corrected chi connectivity index (χ0v) is 17.7. The lowest BCUT2D eigenvalue weighted by Crippen LogP contribution is -2.11. The molecule has 0 saturated carbocycles. The van der Waals surface area contributed by atoms with Gasteiger partial charge in [0.25, 0.3) is 0 Å². The predicted molar refractivity (Wildman–Crippen MR) is 121 cm³/mol. The van der Waals surface area contributed by atoms with Gasteiger partial charge in [0.05, 0.1) is 0 Å². The van der Waals surface area contributed by atoms with E-state index < -0.39 is 0 Å². The zero-order valence-electron chi connectivity index (χ0n) is 17.7. The summed E-state index contributed by atoms with van der Waals surface area (Å²) >= 11 is 0. The van der Waals surface area contributed by atoms with Crippen molar-refractivity contribution in [1.29, 1.82) is 0 Å². The highest BCUT2D eigenvalue weighted by Crippen LogP contribution is 2.34. The highest BCUT2D eigenvalue weighted by Gasteiger charge is 2.19. The third-order valence-electron chi connectivity index (χ3n) is 5.81. The van der Waals surface area contributed by atoms with Crippen LogP contribution in [0.2, 0.25) is 0 Å². The van der Waals surface area contributed by atoms with E-state index in [-0.39, 0.29) is 0 Å². The summed E-state index contributed by atoms with van der Waals surface area (Å²) in [7, 11) is 0. The van der Waals surface area contributed by atoms with Crippen molar-refractivity contribution in [1.82, 2.24) is 0 Å². The molecule has 0 aromatic heterocycles. The third-order valence-corrected chi connectivity index (χ3v) is 5.81. The first-order valence-corrected chi connectivity index (χ1v) is 10.9. The van der Waals surface area contributed by atoms with Crippen LogP contribution in [-0.4, -0.2) is 0 Å². The Balaban J connectivity index is 2.14. The van der Waals surface area contributed by atoms with Gasteiger partial charge in [-0.2, -0.15) is 0 Å². The highest BCUT2D eigenvalue weighted by molar-refractivity contribution is 5.42. The van der Waals surface area contributed by atoms with Gasteiger partial charge < -0.3 is 0 Å². The van der Waals surface area contributed by atoms with Crippen LogP contribution in [-0.2, 0) is 0 Å². The van der Waals surface area contributed by atoms with Gasteiger partial charge >= 0.3 is 0 Å². The quantitative estimate of drug-likeness (QED) is 0.220. The third kappa shape index (κ3) is 7.39. The Morgan fingerprint density at radius 2 is 2.15 bits per heavy atom. The molecule has 0 heteroatoms. The van der Waals surface area contributed by atoms with Gasteiger partial charge in [-0.05, 0) is 91.6 Å². The first-order valence-electron chi connectivity index (χ1n) is 10.9. The van der Waals surface area contributed by atoms with E-state index in [0.29, 0.717) is 11.8 Å². The largest absolute Gasteiger partial charge is 0.130 e. The summed E-state index contributed by atoms with van der Waals surface area (Å²) in [6, 6.07) is 0. The van der Waals surface area contributed by atoms with Gasteiger partial charge in [0, 0.05) is 0 Å². The summed E-state index contributed by atoms with van der Waals surface area (Å²) in [6.45, 7) is 11.3. The summed E-state index contributed by atoms with van der Waals surface area (Å²) in [5, 5.41) is 0. The molecule has 27 heavy (non-hydrogen) atoms. The Morgan fingerprint density at radius 1 is 1.30 bits per heavy atom. The molecule has 0 saturated heterocycles. The first-order chi connectivity index (χ1) is 13.1. The summed E-state index contributed by atoms with van der Waals surface area (Å²) in [5.74, 6) is 1.75. The number of hydrogen-bond acceptors (Lipinski definition) is 0. The second-order valence-corrected chi connectivity index (χ2v) is 8.23. The molecule has 0 N–H and O–H groups in total. The molecule has 146 valence electrons. The minimum Gasteiger partial charge on any atom is -0.130 e. The maximum atomic E-state index is 4.42. The molecule has 0 amide bonds.